The van der Waals surface area contributed by atoms with Gasteiger partial charge in [0.2, 0.25) is 0 Å². The number of nitrogens with zero attached hydrogens (tertiary/aromatic N) is 1. The number of aryl methyl sites for hydroxylation is 2. The van der Waals surface area contributed by atoms with E-state index in [0.717, 1.165) is 28.7 Å². The van der Waals surface area contributed by atoms with Crippen molar-refractivity contribution in [1.82, 2.24) is 0 Å². The summed E-state index contributed by atoms with van der Waals surface area (Å²) >= 11 is 6.02. The Balaban J connectivity index is 2.68. The normalized spacial score (nSPS) is 10.5. The molecule has 19 heavy (non-hydrogen) atoms. The Morgan fingerprint density at radius 2 is 2.05 bits per heavy atom. The van der Waals surface area contributed by atoms with Crippen LogP contribution < -0.4 is 0 Å². The predicted octanol–water partition coefficient (Wildman–Crippen LogP) is 4.59. The van der Waals surface area contributed by atoms with E-state index < -0.39 is 4.92 Å². The van der Waals surface area contributed by atoms with E-state index >= 15 is 0 Å². The minimum absolute atomic E-state index is 0.0478. The molecule has 0 unspecified atom stereocenters. The lowest BCUT2D eigenvalue weighted by Gasteiger charge is -2.11. The number of hydrogen-bond donors (Lipinski definition) is 0. The smallest absolute Gasteiger partial charge is 0.258 e. The second-order valence-corrected chi connectivity index (χ2v) is 4.76. The van der Waals surface area contributed by atoms with Gasteiger partial charge >= 0.3 is 0 Å². The lowest BCUT2D eigenvalue weighted by Crippen LogP contribution is -1.94. The molecular formula is C15H13ClNO2. The first-order valence-electron chi connectivity index (χ1n) is 5.98. The van der Waals surface area contributed by atoms with Crippen molar-refractivity contribution in [2.45, 2.75) is 20.3 Å². The molecule has 0 N–H and O–H groups in total. The van der Waals surface area contributed by atoms with Gasteiger partial charge in [0, 0.05) is 17.2 Å². The third-order valence-electron chi connectivity index (χ3n) is 3.07. The highest BCUT2D eigenvalue weighted by molar-refractivity contribution is 6.30. The van der Waals surface area contributed by atoms with Crippen molar-refractivity contribution in [2.75, 3.05) is 0 Å². The van der Waals surface area contributed by atoms with Crippen molar-refractivity contribution in [2.24, 2.45) is 0 Å². The van der Waals surface area contributed by atoms with Gasteiger partial charge in [-0.2, -0.15) is 0 Å². The van der Waals surface area contributed by atoms with Crippen LogP contribution in [0.25, 0.3) is 11.1 Å². The summed E-state index contributed by atoms with van der Waals surface area (Å²) in [5, 5.41) is 11.5. The molecule has 2 aromatic carbocycles. The van der Waals surface area contributed by atoms with Gasteiger partial charge in [0.05, 0.1) is 4.92 Å². The van der Waals surface area contributed by atoms with Gasteiger partial charge in [-0.15, -0.1) is 0 Å². The maximum atomic E-state index is 10.9. The zero-order valence-corrected chi connectivity index (χ0v) is 11.5. The highest BCUT2D eigenvalue weighted by atomic mass is 35.5. The zero-order valence-electron chi connectivity index (χ0n) is 10.7. The maximum absolute atomic E-state index is 10.9. The van der Waals surface area contributed by atoms with E-state index in [4.69, 9.17) is 11.6 Å². The Kier molecular flexibility index (Phi) is 3.86. The number of nitro groups is 1. The van der Waals surface area contributed by atoms with Crippen LogP contribution in [-0.4, -0.2) is 4.92 Å². The first-order valence-corrected chi connectivity index (χ1v) is 6.36. The number of benzene rings is 2. The van der Waals surface area contributed by atoms with Crippen LogP contribution >= 0.6 is 11.6 Å². The molecule has 0 aromatic heterocycles. The molecule has 1 radical (unpaired) electrons. The largest absolute Gasteiger partial charge is 0.270 e. The zero-order chi connectivity index (χ0) is 14.0. The van der Waals surface area contributed by atoms with Crippen molar-refractivity contribution in [1.29, 1.82) is 0 Å². The van der Waals surface area contributed by atoms with E-state index in [1.807, 2.05) is 32.0 Å². The highest BCUT2D eigenvalue weighted by Gasteiger charge is 2.13. The average Bonchev–Trinajstić information content (AvgIpc) is 2.40. The van der Waals surface area contributed by atoms with Crippen LogP contribution in [-0.2, 0) is 6.42 Å². The molecule has 0 spiro atoms. The average molecular weight is 275 g/mol. The number of nitro benzene ring substituents is 1. The van der Waals surface area contributed by atoms with Crippen molar-refractivity contribution < 1.29 is 4.92 Å². The first kappa shape index (κ1) is 13.6. The molecule has 0 aliphatic carbocycles. The van der Waals surface area contributed by atoms with Gasteiger partial charge in [-0.05, 0) is 53.8 Å². The fourth-order valence-corrected chi connectivity index (χ4v) is 2.21. The lowest BCUT2D eigenvalue weighted by molar-refractivity contribution is -0.384. The Hall–Kier alpha value is -1.87. The summed E-state index contributed by atoms with van der Waals surface area (Å²) in [5.74, 6) is 0. The second kappa shape index (κ2) is 5.41. The molecule has 2 rings (SSSR count). The fraction of sp³-hybridized carbons (Fsp3) is 0.200. The van der Waals surface area contributed by atoms with Gasteiger partial charge in [-0.3, -0.25) is 10.1 Å². The lowest BCUT2D eigenvalue weighted by atomic mass is 9.94. The first-order chi connectivity index (χ1) is 9.02. The highest BCUT2D eigenvalue weighted by Crippen LogP contribution is 2.32. The molecule has 3 nitrogen and oxygen atoms in total. The SMILES string of the molecule is CCc1[c]cc([N+](=O)[O-])cc1-c1cc(Cl)ccc1C. The van der Waals surface area contributed by atoms with E-state index in [-0.39, 0.29) is 5.69 Å². The number of halogens is 1. The van der Waals surface area contributed by atoms with Crippen molar-refractivity contribution >= 4 is 17.3 Å². The Bertz CT molecular complexity index is 638. The molecule has 0 saturated heterocycles. The summed E-state index contributed by atoms with van der Waals surface area (Å²) in [6, 6.07) is 11.6. The fourth-order valence-electron chi connectivity index (χ4n) is 2.04. The van der Waals surface area contributed by atoms with Gasteiger partial charge < -0.3 is 0 Å². The Morgan fingerprint density at radius 3 is 2.68 bits per heavy atom. The van der Waals surface area contributed by atoms with Crippen molar-refractivity contribution in [3.05, 3.63) is 62.7 Å². The molecule has 0 bridgehead atoms. The summed E-state index contributed by atoms with van der Waals surface area (Å²) in [6.45, 7) is 3.96. The van der Waals surface area contributed by atoms with Gasteiger partial charge in [0.1, 0.15) is 0 Å². The summed E-state index contributed by atoms with van der Waals surface area (Å²) < 4.78 is 0. The maximum Gasteiger partial charge on any atom is 0.270 e. The Labute approximate surface area is 117 Å². The van der Waals surface area contributed by atoms with Crippen LogP contribution in [0.5, 0.6) is 0 Å². The van der Waals surface area contributed by atoms with Gasteiger partial charge in [0.25, 0.3) is 5.69 Å². The van der Waals surface area contributed by atoms with Crippen LogP contribution in [0.15, 0.2) is 30.3 Å². The predicted molar refractivity (Wildman–Crippen MR) is 76.5 cm³/mol. The van der Waals surface area contributed by atoms with Crippen LogP contribution in [0.4, 0.5) is 5.69 Å². The van der Waals surface area contributed by atoms with Crippen LogP contribution in [0.2, 0.25) is 5.02 Å². The van der Waals surface area contributed by atoms with Gasteiger partial charge in [-0.1, -0.05) is 24.6 Å². The third-order valence-corrected chi connectivity index (χ3v) is 3.30. The van der Waals surface area contributed by atoms with Crippen LogP contribution in [0.1, 0.15) is 18.1 Å². The minimum atomic E-state index is -0.403. The summed E-state index contributed by atoms with van der Waals surface area (Å²) in [7, 11) is 0. The van der Waals surface area contributed by atoms with Crippen molar-refractivity contribution in [3.8, 4) is 11.1 Å². The molecule has 0 heterocycles. The molecule has 0 saturated carbocycles. The summed E-state index contributed by atoms with van der Waals surface area (Å²) in [6.07, 6.45) is 0.763. The van der Waals surface area contributed by atoms with E-state index in [1.54, 1.807) is 6.07 Å². The van der Waals surface area contributed by atoms with Crippen LogP contribution in [0, 0.1) is 23.1 Å². The summed E-state index contributed by atoms with van der Waals surface area (Å²) in [4.78, 5) is 10.5. The van der Waals surface area contributed by atoms with E-state index in [1.165, 1.54) is 6.07 Å². The molecule has 0 aliphatic rings. The molecule has 0 aliphatic heterocycles. The van der Waals surface area contributed by atoms with Gasteiger partial charge in [0.15, 0.2) is 0 Å². The van der Waals surface area contributed by atoms with E-state index in [9.17, 15) is 10.1 Å². The number of rotatable bonds is 3. The summed E-state index contributed by atoms with van der Waals surface area (Å²) in [5.41, 5.74) is 3.79. The number of hydrogen-bond acceptors (Lipinski definition) is 2. The molecular weight excluding hydrogens is 262 g/mol. The second-order valence-electron chi connectivity index (χ2n) is 4.32. The topological polar surface area (TPSA) is 43.1 Å². The monoisotopic (exact) mass is 274 g/mol. The molecule has 0 fully saturated rings. The Morgan fingerprint density at radius 1 is 1.32 bits per heavy atom. The molecule has 0 atom stereocenters. The molecule has 4 heteroatoms. The quantitative estimate of drug-likeness (QED) is 0.607. The van der Waals surface area contributed by atoms with Crippen molar-refractivity contribution in [3.63, 3.8) is 0 Å². The van der Waals surface area contributed by atoms with Crippen LogP contribution in [0.3, 0.4) is 0 Å². The minimum Gasteiger partial charge on any atom is -0.258 e. The molecule has 0 amide bonds. The van der Waals surface area contributed by atoms with E-state index in [0.29, 0.717) is 5.02 Å². The third kappa shape index (κ3) is 2.76. The van der Waals surface area contributed by atoms with E-state index in [2.05, 4.69) is 6.07 Å². The molecule has 97 valence electrons. The number of non-ortho nitro benzene ring substituents is 1. The molecule has 2 aromatic rings. The standard InChI is InChI=1S/C15H13ClNO2/c1-3-11-5-7-13(17(18)19)9-15(11)14-8-12(16)6-4-10(14)2/h4,6-9H,3H2,1-2H3. The van der Waals surface area contributed by atoms with Gasteiger partial charge in [-0.25, -0.2) is 0 Å².